The number of anilines is 2. The molecule has 3 N–H and O–H groups in total. The molecule has 0 aliphatic rings. The molecule has 5 nitrogen and oxygen atoms in total. The molecule has 5 heteroatoms. The molecular weight excluding hydrogens is 244 g/mol. The van der Waals surface area contributed by atoms with Crippen molar-refractivity contribution in [3.63, 3.8) is 0 Å². The van der Waals surface area contributed by atoms with Crippen molar-refractivity contribution in [2.75, 3.05) is 17.2 Å². The quantitative estimate of drug-likeness (QED) is 0.584. The lowest BCUT2D eigenvalue weighted by molar-refractivity contribution is -0.136. The molecule has 0 fully saturated rings. The molecule has 0 heterocycles. The number of nitrogens with two attached hydrogens (primary N) is 1. The van der Waals surface area contributed by atoms with E-state index in [2.05, 4.69) is 6.92 Å². The molecule has 0 unspecified atom stereocenters. The molecule has 104 valence electrons. The maximum Gasteiger partial charge on any atom is 0.323 e. The fraction of sp³-hybridized carbons (Fsp3) is 0.429. The van der Waals surface area contributed by atoms with Gasteiger partial charge in [-0.25, -0.2) is 0 Å². The summed E-state index contributed by atoms with van der Waals surface area (Å²) >= 11 is 0. The van der Waals surface area contributed by atoms with Gasteiger partial charge in [0.15, 0.2) is 0 Å². The normalized spacial score (nSPS) is 10.2. The van der Waals surface area contributed by atoms with Gasteiger partial charge in [-0.05, 0) is 18.6 Å². The van der Waals surface area contributed by atoms with E-state index in [1.807, 2.05) is 0 Å². The van der Waals surface area contributed by atoms with Crippen LogP contribution in [0, 0.1) is 0 Å². The summed E-state index contributed by atoms with van der Waals surface area (Å²) in [6.45, 7) is 1.69. The maximum absolute atomic E-state index is 12.1. The number of carboxylic acids is 1. The first-order valence-electron chi connectivity index (χ1n) is 6.43. The zero-order chi connectivity index (χ0) is 14.3. The number of para-hydroxylation sites is 2. The number of nitrogens with zero attached hydrogens (tertiary/aromatic N) is 1. The van der Waals surface area contributed by atoms with E-state index >= 15 is 0 Å². The number of amides is 1. The molecule has 1 aromatic carbocycles. The third kappa shape index (κ3) is 4.62. The van der Waals surface area contributed by atoms with Crippen molar-refractivity contribution >= 4 is 23.3 Å². The number of nitrogen functional groups attached to an aromatic ring is 1. The summed E-state index contributed by atoms with van der Waals surface area (Å²) in [6, 6.07) is 6.80. The van der Waals surface area contributed by atoms with Crippen LogP contribution in [0.25, 0.3) is 0 Å². The van der Waals surface area contributed by atoms with Gasteiger partial charge < -0.3 is 10.8 Å². The average Bonchev–Trinajstić information content (AvgIpc) is 2.37. The molecule has 0 aliphatic heterocycles. The molecule has 0 radical (unpaired) electrons. The molecule has 0 saturated heterocycles. The summed E-state index contributed by atoms with van der Waals surface area (Å²) in [4.78, 5) is 24.3. The van der Waals surface area contributed by atoms with Gasteiger partial charge in [0.1, 0.15) is 6.54 Å². The second kappa shape index (κ2) is 7.41. The van der Waals surface area contributed by atoms with Gasteiger partial charge in [-0.15, -0.1) is 0 Å². The Hall–Kier alpha value is -2.04. The monoisotopic (exact) mass is 264 g/mol. The second-order valence-corrected chi connectivity index (χ2v) is 4.39. The van der Waals surface area contributed by atoms with Crippen LogP contribution in [0.5, 0.6) is 0 Å². The van der Waals surface area contributed by atoms with E-state index in [1.54, 1.807) is 24.3 Å². The van der Waals surface area contributed by atoms with Gasteiger partial charge in [0.25, 0.3) is 0 Å². The zero-order valence-electron chi connectivity index (χ0n) is 11.1. The Kier molecular flexibility index (Phi) is 5.85. The van der Waals surface area contributed by atoms with Gasteiger partial charge in [-0.3, -0.25) is 14.5 Å². The topological polar surface area (TPSA) is 83.6 Å². The summed E-state index contributed by atoms with van der Waals surface area (Å²) in [6.07, 6.45) is 3.07. The van der Waals surface area contributed by atoms with E-state index in [1.165, 1.54) is 4.90 Å². The number of aliphatic carboxylic acids is 1. The fourth-order valence-corrected chi connectivity index (χ4v) is 1.84. The predicted octanol–water partition coefficient (Wildman–Crippen LogP) is 2.27. The molecule has 0 saturated carbocycles. The molecule has 0 atom stereocenters. The number of rotatable bonds is 7. The minimum Gasteiger partial charge on any atom is -0.480 e. The average molecular weight is 264 g/mol. The van der Waals surface area contributed by atoms with Gasteiger partial charge in [0, 0.05) is 6.42 Å². The highest BCUT2D eigenvalue weighted by molar-refractivity contribution is 5.99. The summed E-state index contributed by atoms with van der Waals surface area (Å²) in [5.41, 5.74) is 6.68. The van der Waals surface area contributed by atoms with Crippen molar-refractivity contribution < 1.29 is 14.7 Å². The van der Waals surface area contributed by atoms with Crippen molar-refractivity contribution in [3.05, 3.63) is 24.3 Å². The third-order valence-electron chi connectivity index (χ3n) is 2.82. The standard InChI is InChI=1S/C14H20N2O3/c1-2-3-4-9-13(17)16(10-14(18)19)12-8-6-5-7-11(12)15/h5-8H,2-4,9-10,15H2,1H3,(H,18,19). The summed E-state index contributed by atoms with van der Waals surface area (Å²) in [5, 5.41) is 8.92. The number of carbonyl (C=O) groups excluding carboxylic acids is 1. The third-order valence-corrected chi connectivity index (χ3v) is 2.82. The molecule has 0 aromatic heterocycles. The van der Waals surface area contributed by atoms with Crippen molar-refractivity contribution in [3.8, 4) is 0 Å². The lowest BCUT2D eigenvalue weighted by Crippen LogP contribution is -2.36. The van der Waals surface area contributed by atoms with Gasteiger partial charge in [-0.2, -0.15) is 0 Å². The van der Waals surface area contributed by atoms with Crippen LogP contribution in [0.1, 0.15) is 32.6 Å². The molecule has 1 aromatic rings. The number of carboxylic acid groups (broad SMARTS) is 1. The first-order valence-corrected chi connectivity index (χ1v) is 6.43. The van der Waals surface area contributed by atoms with Crippen LogP contribution in [-0.2, 0) is 9.59 Å². The fourth-order valence-electron chi connectivity index (χ4n) is 1.84. The SMILES string of the molecule is CCCCCC(=O)N(CC(=O)O)c1ccccc1N. The molecule has 1 amide bonds. The minimum absolute atomic E-state index is 0.200. The van der Waals surface area contributed by atoms with Crippen LogP contribution in [0.2, 0.25) is 0 Å². The van der Waals surface area contributed by atoms with Crippen molar-refractivity contribution in [1.82, 2.24) is 0 Å². The Balaban J connectivity index is 2.86. The number of hydrogen-bond acceptors (Lipinski definition) is 3. The van der Waals surface area contributed by atoms with Gasteiger partial charge in [0.05, 0.1) is 11.4 Å². The van der Waals surface area contributed by atoms with Crippen LogP contribution < -0.4 is 10.6 Å². The Morgan fingerprint density at radius 1 is 1.26 bits per heavy atom. The lowest BCUT2D eigenvalue weighted by atomic mass is 10.1. The zero-order valence-corrected chi connectivity index (χ0v) is 11.1. The van der Waals surface area contributed by atoms with Crippen LogP contribution in [0.15, 0.2) is 24.3 Å². The highest BCUT2D eigenvalue weighted by atomic mass is 16.4. The second-order valence-electron chi connectivity index (χ2n) is 4.39. The number of carbonyl (C=O) groups is 2. The van der Waals surface area contributed by atoms with Crippen LogP contribution in [0.3, 0.4) is 0 Å². The number of benzene rings is 1. The molecule has 19 heavy (non-hydrogen) atoms. The Morgan fingerprint density at radius 2 is 1.95 bits per heavy atom. The van der Waals surface area contributed by atoms with Crippen LogP contribution in [-0.4, -0.2) is 23.5 Å². The largest absolute Gasteiger partial charge is 0.480 e. The molecular formula is C14H20N2O3. The van der Waals surface area contributed by atoms with Gasteiger partial charge in [0.2, 0.25) is 5.91 Å². The van der Waals surface area contributed by atoms with E-state index in [0.717, 1.165) is 19.3 Å². The highest BCUT2D eigenvalue weighted by Gasteiger charge is 2.19. The van der Waals surface area contributed by atoms with Crippen molar-refractivity contribution in [2.45, 2.75) is 32.6 Å². The van der Waals surface area contributed by atoms with Crippen LogP contribution in [0.4, 0.5) is 11.4 Å². The summed E-state index contributed by atoms with van der Waals surface area (Å²) < 4.78 is 0. The Bertz CT molecular complexity index is 446. The summed E-state index contributed by atoms with van der Waals surface area (Å²) in [5.74, 6) is -1.25. The van der Waals surface area contributed by atoms with E-state index < -0.39 is 5.97 Å². The van der Waals surface area contributed by atoms with Gasteiger partial charge >= 0.3 is 5.97 Å². The van der Waals surface area contributed by atoms with E-state index in [9.17, 15) is 9.59 Å². The first-order chi connectivity index (χ1) is 9.06. The smallest absolute Gasteiger partial charge is 0.323 e. The number of unbranched alkanes of at least 4 members (excludes halogenated alkanes) is 2. The molecule has 0 aliphatic carbocycles. The van der Waals surface area contributed by atoms with Crippen molar-refractivity contribution in [2.24, 2.45) is 0 Å². The first kappa shape index (κ1) is 15.0. The molecule has 0 bridgehead atoms. The van der Waals surface area contributed by atoms with E-state index in [0.29, 0.717) is 17.8 Å². The lowest BCUT2D eigenvalue weighted by Gasteiger charge is -2.22. The maximum atomic E-state index is 12.1. The van der Waals surface area contributed by atoms with E-state index in [-0.39, 0.29) is 12.5 Å². The minimum atomic E-state index is -1.05. The van der Waals surface area contributed by atoms with Gasteiger partial charge in [-0.1, -0.05) is 31.9 Å². The Morgan fingerprint density at radius 3 is 2.53 bits per heavy atom. The summed E-state index contributed by atoms with van der Waals surface area (Å²) in [7, 11) is 0. The molecule has 0 spiro atoms. The van der Waals surface area contributed by atoms with E-state index in [4.69, 9.17) is 10.8 Å². The van der Waals surface area contributed by atoms with Crippen molar-refractivity contribution in [1.29, 1.82) is 0 Å². The highest BCUT2D eigenvalue weighted by Crippen LogP contribution is 2.23. The molecule has 1 rings (SSSR count). The van der Waals surface area contributed by atoms with Crippen LogP contribution >= 0.6 is 0 Å². The number of hydrogen-bond donors (Lipinski definition) is 2. The predicted molar refractivity (Wildman–Crippen MR) is 75.0 cm³/mol. The Labute approximate surface area is 113 Å².